The largest absolute Gasteiger partial charge is 0.444 e. The van der Waals surface area contributed by atoms with Crippen molar-refractivity contribution in [3.05, 3.63) is 29.2 Å². The summed E-state index contributed by atoms with van der Waals surface area (Å²) in [4.78, 5) is 19.0. The molecule has 0 N–H and O–H groups in total. The number of hydrogen-bond donors (Lipinski definition) is 0. The number of ether oxygens (including phenoxy) is 2. The molecule has 2 aliphatic rings. The standard InChI is InChI=1S/C24H33F3N4O3/c1-14-10-19(20-12-30(15(2)13-33-20)22(32)34-23(3,4)5)31-21(28-14)11-18(29-31)16-6-8-17(9-7-16)24(25,26)27/h10-11,15-17,20H,6-9,12-13H2,1-5H3/t15-,16-,17-,20+/m0/s1. The molecule has 7 nitrogen and oxygen atoms in total. The minimum absolute atomic E-state index is 0.0287. The predicted octanol–water partition coefficient (Wildman–Crippen LogP) is 5.57. The first-order valence-corrected chi connectivity index (χ1v) is 11.9. The Hall–Kier alpha value is -2.36. The average molecular weight is 483 g/mol. The first-order valence-electron chi connectivity index (χ1n) is 11.9. The number of aryl methyl sites for hydroxylation is 1. The lowest BCUT2D eigenvalue weighted by Crippen LogP contribution is -2.50. The van der Waals surface area contributed by atoms with Gasteiger partial charge in [-0.3, -0.25) is 0 Å². The highest BCUT2D eigenvalue weighted by atomic mass is 19.4. The molecule has 2 fully saturated rings. The molecule has 2 aromatic rings. The number of morpholine rings is 1. The van der Waals surface area contributed by atoms with Crippen LogP contribution >= 0.6 is 0 Å². The van der Waals surface area contributed by atoms with Gasteiger partial charge in [-0.1, -0.05) is 0 Å². The van der Waals surface area contributed by atoms with Crippen LogP contribution in [-0.4, -0.2) is 56.6 Å². The lowest BCUT2D eigenvalue weighted by Gasteiger charge is -2.38. The van der Waals surface area contributed by atoms with Crippen molar-refractivity contribution in [2.24, 2.45) is 5.92 Å². The third kappa shape index (κ3) is 5.31. The van der Waals surface area contributed by atoms with Gasteiger partial charge in [0, 0.05) is 17.7 Å². The Morgan fingerprint density at radius 3 is 2.44 bits per heavy atom. The van der Waals surface area contributed by atoms with E-state index in [1.54, 1.807) is 9.42 Å². The number of halogens is 3. The van der Waals surface area contributed by atoms with Crippen molar-refractivity contribution >= 4 is 11.7 Å². The van der Waals surface area contributed by atoms with Gasteiger partial charge in [0.2, 0.25) is 0 Å². The Morgan fingerprint density at radius 2 is 1.82 bits per heavy atom. The molecule has 0 aromatic carbocycles. The molecule has 34 heavy (non-hydrogen) atoms. The summed E-state index contributed by atoms with van der Waals surface area (Å²) in [5.41, 5.74) is 2.33. The average Bonchev–Trinajstić information content (AvgIpc) is 3.15. The van der Waals surface area contributed by atoms with Crippen LogP contribution in [0.3, 0.4) is 0 Å². The van der Waals surface area contributed by atoms with E-state index in [-0.39, 0.29) is 24.8 Å². The minimum Gasteiger partial charge on any atom is -0.444 e. The van der Waals surface area contributed by atoms with Crippen molar-refractivity contribution in [3.63, 3.8) is 0 Å². The first kappa shape index (κ1) is 24.8. The van der Waals surface area contributed by atoms with Crippen molar-refractivity contribution in [1.82, 2.24) is 19.5 Å². The Bertz CT molecular complexity index is 1040. The molecule has 0 spiro atoms. The summed E-state index contributed by atoms with van der Waals surface area (Å²) in [7, 11) is 0. The van der Waals surface area contributed by atoms with Gasteiger partial charge in [0.25, 0.3) is 0 Å². The van der Waals surface area contributed by atoms with Gasteiger partial charge in [-0.25, -0.2) is 14.3 Å². The number of amides is 1. The van der Waals surface area contributed by atoms with Gasteiger partial charge in [0.1, 0.15) is 11.7 Å². The van der Waals surface area contributed by atoms with Crippen molar-refractivity contribution < 1.29 is 27.4 Å². The topological polar surface area (TPSA) is 69.0 Å². The van der Waals surface area contributed by atoms with Crippen LogP contribution in [0.2, 0.25) is 0 Å². The van der Waals surface area contributed by atoms with E-state index in [0.717, 1.165) is 17.1 Å². The number of fused-ring (bicyclic) bond motifs is 1. The Labute approximate surface area is 197 Å². The lowest BCUT2D eigenvalue weighted by atomic mass is 9.80. The molecule has 1 amide bonds. The quantitative estimate of drug-likeness (QED) is 0.560. The van der Waals surface area contributed by atoms with Crippen LogP contribution in [0.5, 0.6) is 0 Å². The minimum atomic E-state index is -4.13. The van der Waals surface area contributed by atoms with E-state index in [9.17, 15) is 18.0 Å². The smallest absolute Gasteiger partial charge is 0.410 e. The molecule has 10 heteroatoms. The van der Waals surface area contributed by atoms with Crippen LogP contribution < -0.4 is 0 Å². The Balaban J connectivity index is 1.57. The van der Waals surface area contributed by atoms with Gasteiger partial charge in [-0.2, -0.15) is 18.3 Å². The molecule has 0 unspecified atom stereocenters. The maximum absolute atomic E-state index is 13.1. The van der Waals surface area contributed by atoms with Gasteiger partial charge in [-0.15, -0.1) is 0 Å². The highest BCUT2D eigenvalue weighted by Gasteiger charge is 2.42. The van der Waals surface area contributed by atoms with Crippen LogP contribution in [0.15, 0.2) is 12.1 Å². The van der Waals surface area contributed by atoms with E-state index in [1.807, 2.05) is 46.8 Å². The summed E-state index contributed by atoms with van der Waals surface area (Å²) >= 11 is 0. The zero-order valence-corrected chi connectivity index (χ0v) is 20.4. The Morgan fingerprint density at radius 1 is 1.15 bits per heavy atom. The van der Waals surface area contributed by atoms with Crippen molar-refractivity contribution in [2.75, 3.05) is 13.2 Å². The third-order valence-electron chi connectivity index (χ3n) is 6.60. The fraction of sp³-hybridized carbons (Fsp3) is 0.708. The van der Waals surface area contributed by atoms with Crippen molar-refractivity contribution in [1.29, 1.82) is 0 Å². The number of carbonyl (C=O) groups excluding carboxylic acids is 1. The van der Waals surface area contributed by atoms with Crippen LogP contribution in [0.1, 0.15) is 82.5 Å². The third-order valence-corrected chi connectivity index (χ3v) is 6.60. The second-order valence-corrected chi connectivity index (χ2v) is 10.6. The summed E-state index contributed by atoms with van der Waals surface area (Å²) in [5, 5.41) is 4.75. The summed E-state index contributed by atoms with van der Waals surface area (Å²) in [6, 6.07) is 3.62. The second kappa shape index (κ2) is 9.02. The van der Waals surface area contributed by atoms with Gasteiger partial charge >= 0.3 is 12.3 Å². The molecule has 0 bridgehead atoms. The first-order chi connectivity index (χ1) is 15.8. The van der Waals surface area contributed by atoms with E-state index in [2.05, 4.69) is 4.98 Å². The molecule has 1 aliphatic carbocycles. The molecule has 3 heterocycles. The fourth-order valence-electron chi connectivity index (χ4n) is 4.80. The molecular weight excluding hydrogens is 449 g/mol. The number of aromatic nitrogens is 3. The number of alkyl halides is 3. The zero-order valence-electron chi connectivity index (χ0n) is 20.4. The Kier molecular flexibility index (Phi) is 6.56. The fourth-order valence-corrected chi connectivity index (χ4v) is 4.80. The van der Waals surface area contributed by atoms with E-state index in [0.29, 0.717) is 31.6 Å². The molecule has 188 valence electrons. The summed E-state index contributed by atoms with van der Waals surface area (Å²) in [5.74, 6) is -1.26. The molecule has 1 saturated heterocycles. The summed E-state index contributed by atoms with van der Waals surface area (Å²) < 4.78 is 52.6. The van der Waals surface area contributed by atoms with Gasteiger partial charge < -0.3 is 14.4 Å². The molecule has 0 radical (unpaired) electrons. The number of rotatable bonds is 2. The number of carbonyl (C=O) groups is 1. The molecule has 1 aliphatic heterocycles. The maximum atomic E-state index is 13.1. The predicted molar refractivity (Wildman–Crippen MR) is 120 cm³/mol. The molecule has 2 aromatic heterocycles. The van der Waals surface area contributed by atoms with Gasteiger partial charge in [0.05, 0.1) is 36.5 Å². The van der Waals surface area contributed by atoms with Crippen LogP contribution in [0.25, 0.3) is 5.65 Å². The SMILES string of the molecule is Cc1cc([C@H]2CN(C(=O)OC(C)(C)C)[C@@H](C)CO2)n2nc([C@H]3CC[C@H](C(F)(F)F)CC3)cc2n1. The van der Waals surface area contributed by atoms with E-state index in [1.165, 1.54) is 0 Å². The highest BCUT2D eigenvalue weighted by molar-refractivity contribution is 5.68. The van der Waals surface area contributed by atoms with Gasteiger partial charge in [0.15, 0.2) is 5.65 Å². The normalized spacial score (nSPS) is 26.6. The highest BCUT2D eigenvalue weighted by Crippen LogP contribution is 2.42. The second-order valence-electron chi connectivity index (χ2n) is 10.6. The number of nitrogens with zero attached hydrogens (tertiary/aromatic N) is 4. The summed E-state index contributed by atoms with van der Waals surface area (Å²) in [6.07, 6.45) is -3.81. The van der Waals surface area contributed by atoms with Crippen LogP contribution in [-0.2, 0) is 9.47 Å². The van der Waals surface area contributed by atoms with E-state index in [4.69, 9.17) is 14.6 Å². The zero-order chi connectivity index (χ0) is 24.8. The summed E-state index contributed by atoms with van der Waals surface area (Å²) in [6.45, 7) is 9.94. The maximum Gasteiger partial charge on any atom is 0.410 e. The van der Waals surface area contributed by atoms with E-state index < -0.39 is 29.9 Å². The lowest BCUT2D eigenvalue weighted by molar-refractivity contribution is -0.182. The van der Waals surface area contributed by atoms with Crippen LogP contribution in [0, 0.1) is 12.8 Å². The molecule has 2 atom stereocenters. The van der Waals surface area contributed by atoms with Gasteiger partial charge in [-0.05, 0) is 66.4 Å². The molecule has 1 saturated carbocycles. The monoisotopic (exact) mass is 482 g/mol. The van der Waals surface area contributed by atoms with Crippen LogP contribution in [0.4, 0.5) is 18.0 Å². The van der Waals surface area contributed by atoms with Crippen molar-refractivity contribution in [3.8, 4) is 0 Å². The van der Waals surface area contributed by atoms with E-state index >= 15 is 0 Å². The molecule has 4 rings (SSSR count). The number of hydrogen-bond acceptors (Lipinski definition) is 5. The van der Waals surface area contributed by atoms with Crippen molar-refractivity contribution in [2.45, 2.75) is 90.1 Å². The molecular formula is C24H33F3N4O3.